The van der Waals surface area contributed by atoms with Crippen LogP contribution in [0.25, 0.3) is 21.8 Å². The van der Waals surface area contributed by atoms with E-state index in [0.29, 0.717) is 74.1 Å². The first-order valence-electron chi connectivity index (χ1n) is 25.3. The Kier molecular flexibility index (Phi) is 18.2. The number of methoxy groups -OCH3 is 2. The van der Waals surface area contributed by atoms with Gasteiger partial charge in [-0.15, -0.1) is 0 Å². The molecule has 2 aliphatic rings. The maximum atomic E-state index is 13.1. The lowest BCUT2D eigenvalue weighted by Gasteiger charge is -2.41. The van der Waals surface area contributed by atoms with Crippen molar-refractivity contribution in [1.29, 1.82) is 0 Å². The van der Waals surface area contributed by atoms with Gasteiger partial charge < -0.3 is 48.0 Å². The van der Waals surface area contributed by atoms with Gasteiger partial charge in [0.1, 0.15) is 24.4 Å². The molecular weight excluding hydrogens is 977 g/mol. The molecule has 0 aliphatic carbocycles. The van der Waals surface area contributed by atoms with Gasteiger partial charge in [-0.1, -0.05) is 97.1 Å². The van der Waals surface area contributed by atoms with Crippen LogP contribution < -0.4 is 0 Å². The number of rotatable bonds is 12. The van der Waals surface area contributed by atoms with Crippen LogP contribution in [0.3, 0.4) is 0 Å². The van der Waals surface area contributed by atoms with Crippen LogP contribution in [-0.2, 0) is 54.7 Å². The van der Waals surface area contributed by atoms with Crippen LogP contribution in [0.5, 0.6) is 0 Å². The molecule has 2 aliphatic heterocycles. The first-order chi connectivity index (χ1) is 36.3. The zero-order chi connectivity index (χ0) is 54.6. The predicted molar refractivity (Wildman–Crippen MR) is 281 cm³/mol. The molecule has 8 rings (SSSR count). The molecule has 2 saturated heterocycles. The molecule has 2 fully saturated rings. The second-order valence-electron chi connectivity index (χ2n) is 20.4. The maximum absolute atomic E-state index is 13.1. The van der Waals surface area contributed by atoms with Gasteiger partial charge in [0.2, 0.25) is 0 Å². The average molecular weight is 1050 g/mol. The van der Waals surface area contributed by atoms with Crippen LogP contribution in [0.15, 0.2) is 109 Å². The van der Waals surface area contributed by atoms with Crippen LogP contribution >= 0.6 is 0 Å². The van der Waals surface area contributed by atoms with E-state index in [2.05, 4.69) is 10.2 Å². The number of hydrogen-bond acceptors (Lipinski definition) is 14. The van der Waals surface area contributed by atoms with E-state index in [4.69, 9.17) is 28.4 Å². The van der Waals surface area contributed by atoms with Gasteiger partial charge in [0.25, 0.3) is 0 Å². The Labute approximate surface area is 442 Å². The van der Waals surface area contributed by atoms with Gasteiger partial charge in [0, 0.05) is 63.1 Å². The monoisotopic (exact) mass is 1040 g/mol. The molecule has 0 spiro atoms. The second-order valence-corrected chi connectivity index (χ2v) is 20.4. The summed E-state index contributed by atoms with van der Waals surface area (Å²) < 4.78 is 35.6. The minimum Gasteiger partial charge on any atom is -0.464 e. The number of hydrogen-bond donors (Lipinski definition) is 0. The summed E-state index contributed by atoms with van der Waals surface area (Å²) in [6.07, 6.45) is -0.838. The SMILES string of the molecule is COC(=O)c1c2ccccc2nn1CC[C@@H]1CN(C(=O)OCc2ccccc2)CCN1C(=O)OC(C)(C)C.COC(=O)c1nn(CC[C@@H]2CN(C(=O)OCc3ccccc3)CCN2C(=O)OC(C)(C)C)c2ccccc12. The third-order valence-electron chi connectivity index (χ3n) is 12.6. The first-order valence-corrected chi connectivity index (χ1v) is 25.3. The summed E-state index contributed by atoms with van der Waals surface area (Å²) in [4.78, 5) is 83.3. The largest absolute Gasteiger partial charge is 0.464 e. The zero-order valence-electron chi connectivity index (χ0n) is 44.5. The van der Waals surface area contributed by atoms with Crippen molar-refractivity contribution in [2.45, 2.75) is 104 Å². The smallest absolute Gasteiger partial charge is 0.410 e. The minimum atomic E-state index is -0.662. The zero-order valence-corrected chi connectivity index (χ0v) is 44.5. The molecule has 20 heteroatoms. The molecule has 404 valence electrons. The van der Waals surface area contributed by atoms with E-state index >= 15 is 0 Å². The van der Waals surface area contributed by atoms with Gasteiger partial charge in [0.05, 0.1) is 37.3 Å². The highest BCUT2D eigenvalue weighted by atomic mass is 16.6. The van der Waals surface area contributed by atoms with Crippen molar-refractivity contribution in [1.82, 2.24) is 39.2 Å². The van der Waals surface area contributed by atoms with Crippen molar-refractivity contribution >= 4 is 58.1 Å². The van der Waals surface area contributed by atoms with Crippen LogP contribution in [-0.4, -0.2) is 152 Å². The van der Waals surface area contributed by atoms with Crippen molar-refractivity contribution in [3.63, 3.8) is 0 Å². The summed E-state index contributed by atoms with van der Waals surface area (Å²) in [7, 11) is 2.65. The summed E-state index contributed by atoms with van der Waals surface area (Å²) >= 11 is 0. The van der Waals surface area contributed by atoms with Crippen molar-refractivity contribution < 1.29 is 57.2 Å². The van der Waals surface area contributed by atoms with Crippen LogP contribution in [0.4, 0.5) is 19.2 Å². The van der Waals surface area contributed by atoms with E-state index in [1.54, 1.807) is 29.0 Å². The Bertz CT molecular complexity index is 2960. The molecule has 4 heterocycles. The molecule has 4 aromatic carbocycles. The number of carbonyl (C=O) groups is 6. The quantitative estimate of drug-likeness (QED) is 0.0829. The van der Waals surface area contributed by atoms with Gasteiger partial charge in [-0.3, -0.25) is 9.36 Å². The molecule has 0 saturated carbocycles. The summed E-state index contributed by atoms with van der Waals surface area (Å²) in [5.74, 6) is -1.00. The summed E-state index contributed by atoms with van der Waals surface area (Å²) in [5.41, 5.74) is 2.52. The average Bonchev–Trinajstić information content (AvgIpc) is 3.98. The number of para-hydroxylation sites is 1. The molecule has 0 radical (unpaired) electrons. The molecular formula is C56H68N8O12. The van der Waals surface area contributed by atoms with Gasteiger partial charge in [-0.25, -0.2) is 28.8 Å². The normalized spacial score (nSPS) is 15.8. The number of amides is 4. The summed E-state index contributed by atoms with van der Waals surface area (Å²) in [6, 6.07) is 33.0. The molecule has 0 unspecified atom stereocenters. The van der Waals surface area contributed by atoms with Gasteiger partial charge in [0.15, 0.2) is 11.4 Å². The van der Waals surface area contributed by atoms with E-state index in [1.807, 2.05) is 151 Å². The Morgan fingerprint density at radius 3 is 1.45 bits per heavy atom. The van der Waals surface area contributed by atoms with Crippen molar-refractivity contribution in [3.8, 4) is 0 Å². The maximum Gasteiger partial charge on any atom is 0.410 e. The van der Waals surface area contributed by atoms with E-state index in [1.165, 1.54) is 14.2 Å². The van der Waals surface area contributed by atoms with Crippen LogP contribution in [0.2, 0.25) is 0 Å². The molecule has 2 aromatic heterocycles. The first kappa shape index (κ1) is 55.6. The van der Waals surface area contributed by atoms with E-state index in [-0.39, 0.29) is 44.1 Å². The van der Waals surface area contributed by atoms with E-state index in [0.717, 1.165) is 16.6 Å². The fourth-order valence-corrected chi connectivity index (χ4v) is 8.92. The highest BCUT2D eigenvalue weighted by Crippen LogP contribution is 2.26. The predicted octanol–water partition coefficient (Wildman–Crippen LogP) is 8.94. The Balaban J connectivity index is 0.000000221. The van der Waals surface area contributed by atoms with Crippen LogP contribution in [0.1, 0.15) is 86.5 Å². The van der Waals surface area contributed by atoms with Gasteiger partial charge in [-0.2, -0.15) is 10.2 Å². The standard InChI is InChI=1S/2C28H34N4O6/c1-28(2,3)38-27(35)31-17-16-30(26(34)37-19-20-10-6-5-7-11-20)18-21(31)14-15-32-23-13-9-8-12-22(23)24(29-32)25(33)36-4;1-28(2,3)38-27(35)31-17-16-30(26(34)37-19-20-10-6-5-7-11-20)18-21(31)14-15-32-24(25(33)36-4)22-12-8-9-13-23(22)29-32/h2*5-13,21H,14-19H2,1-4H3/t2*21-/m11/s1. The number of esters is 2. The topological polar surface area (TPSA) is 206 Å². The van der Waals surface area contributed by atoms with Crippen LogP contribution in [0, 0.1) is 0 Å². The number of carbonyl (C=O) groups excluding carboxylic acids is 6. The number of aryl methyl sites for hydroxylation is 2. The third kappa shape index (κ3) is 14.6. The Morgan fingerprint density at radius 1 is 0.513 bits per heavy atom. The molecule has 6 aromatic rings. The van der Waals surface area contributed by atoms with Gasteiger partial charge in [-0.05, 0) is 77.6 Å². The summed E-state index contributed by atoms with van der Waals surface area (Å²) in [6.45, 7) is 13.8. The lowest BCUT2D eigenvalue weighted by molar-refractivity contribution is -0.00557. The molecule has 0 bridgehead atoms. The minimum absolute atomic E-state index is 0.166. The summed E-state index contributed by atoms with van der Waals surface area (Å²) in [5, 5.41) is 10.5. The van der Waals surface area contributed by atoms with Crippen molar-refractivity contribution in [2.24, 2.45) is 0 Å². The lowest BCUT2D eigenvalue weighted by atomic mass is 10.1. The Hall–Kier alpha value is -8.16. The van der Waals surface area contributed by atoms with Crippen molar-refractivity contribution in [2.75, 3.05) is 53.5 Å². The molecule has 4 amide bonds. The molecule has 2 atom stereocenters. The van der Waals surface area contributed by atoms with E-state index in [9.17, 15) is 28.8 Å². The number of nitrogens with zero attached hydrogens (tertiary/aromatic N) is 8. The number of piperazine rings is 2. The molecule has 20 nitrogen and oxygen atoms in total. The third-order valence-corrected chi connectivity index (χ3v) is 12.6. The fraction of sp³-hybridized carbons (Fsp3) is 0.429. The molecule has 76 heavy (non-hydrogen) atoms. The Morgan fingerprint density at radius 2 is 0.961 bits per heavy atom. The number of benzene rings is 4. The highest BCUT2D eigenvalue weighted by Gasteiger charge is 2.38. The van der Waals surface area contributed by atoms with Gasteiger partial charge >= 0.3 is 36.3 Å². The molecule has 0 N–H and O–H groups in total. The van der Waals surface area contributed by atoms with Crippen molar-refractivity contribution in [3.05, 3.63) is 132 Å². The number of fused-ring (bicyclic) bond motifs is 2. The highest BCUT2D eigenvalue weighted by molar-refractivity contribution is 6.03. The number of aromatic nitrogens is 4. The van der Waals surface area contributed by atoms with E-state index < -0.39 is 47.5 Å². The lowest BCUT2D eigenvalue weighted by Crippen LogP contribution is -2.57. The second kappa shape index (κ2) is 24.9. The fourth-order valence-electron chi connectivity index (χ4n) is 8.92. The number of ether oxygens (including phenoxy) is 6.